The van der Waals surface area contributed by atoms with Crippen LogP contribution in [0.4, 0.5) is 10.1 Å². The van der Waals surface area contributed by atoms with Crippen LogP contribution < -0.4 is 5.32 Å². The van der Waals surface area contributed by atoms with Crippen molar-refractivity contribution in [3.05, 3.63) is 28.5 Å². The van der Waals surface area contributed by atoms with Gasteiger partial charge in [0.1, 0.15) is 5.82 Å². The van der Waals surface area contributed by atoms with Gasteiger partial charge in [0.25, 0.3) is 0 Å². The molecule has 3 nitrogen and oxygen atoms in total. The minimum Gasteiger partial charge on any atom is -0.484 e. The first-order valence-electron chi connectivity index (χ1n) is 8.34. The first-order valence-corrected chi connectivity index (χ1v) is 9.13. The SMILES string of the molecule is CCCCCC(=O)Nc1cc(CC(=S)OC(C)CC)c(Cl)cc1F. The van der Waals surface area contributed by atoms with E-state index >= 15 is 0 Å². The minimum absolute atomic E-state index is 0.0227. The number of halogens is 2. The third-order valence-corrected chi connectivity index (χ3v) is 4.25. The summed E-state index contributed by atoms with van der Waals surface area (Å²) >= 11 is 11.3. The van der Waals surface area contributed by atoms with E-state index in [0.29, 0.717) is 23.5 Å². The molecule has 0 saturated carbocycles. The Morgan fingerprint density at radius 2 is 2.08 bits per heavy atom. The van der Waals surface area contributed by atoms with Crippen molar-refractivity contribution in [3.63, 3.8) is 0 Å². The smallest absolute Gasteiger partial charge is 0.224 e. The van der Waals surface area contributed by atoms with E-state index in [0.717, 1.165) is 25.7 Å². The van der Waals surface area contributed by atoms with Crippen LogP contribution in [-0.4, -0.2) is 17.1 Å². The molecule has 1 atom stereocenters. The molecule has 1 aromatic rings. The molecule has 0 heterocycles. The molecule has 1 amide bonds. The number of ether oxygens (including phenoxy) is 1. The second-order valence-electron chi connectivity index (χ2n) is 5.81. The van der Waals surface area contributed by atoms with Crippen molar-refractivity contribution in [2.24, 2.45) is 0 Å². The van der Waals surface area contributed by atoms with Crippen LogP contribution in [0.5, 0.6) is 0 Å². The van der Waals surface area contributed by atoms with Gasteiger partial charge in [-0.1, -0.05) is 38.3 Å². The highest BCUT2D eigenvalue weighted by molar-refractivity contribution is 7.80. The van der Waals surface area contributed by atoms with E-state index in [1.165, 1.54) is 12.1 Å². The Balaban J connectivity index is 2.77. The normalized spacial score (nSPS) is 11.9. The Hall–Kier alpha value is -1.20. The number of hydrogen-bond donors (Lipinski definition) is 1. The monoisotopic (exact) mass is 373 g/mol. The molecule has 0 aliphatic heterocycles. The summed E-state index contributed by atoms with van der Waals surface area (Å²) in [5.41, 5.74) is 0.762. The summed E-state index contributed by atoms with van der Waals surface area (Å²) < 4.78 is 19.6. The molecule has 0 saturated heterocycles. The number of anilines is 1. The molecule has 24 heavy (non-hydrogen) atoms. The maximum absolute atomic E-state index is 14.0. The lowest BCUT2D eigenvalue weighted by Crippen LogP contribution is -2.15. The fourth-order valence-corrected chi connectivity index (χ4v) is 2.62. The molecule has 0 fully saturated rings. The van der Waals surface area contributed by atoms with Gasteiger partial charge in [0, 0.05) is 17.9 Å². The largest absolute Gasteiger partial charge is 0.484 e. The predicted molar refractivity (Wildman–Crippen MR) is 101 cm³/mol. The van der Waals surface area contributed by atoms with E-state index in [9.17, 15) is 9.18 Å². The third-order valence-electron chi connectivity index (χ3n) is 3.66. The summed E-state index contributed by atoms with van der Waals surface area (Å²) in [6.45, 7) is 6.00. The summed E-state index contributed by atoms with van der Waals surface area (Å²) in [6, 6.07) is 2.73. The Morgan fingerprint density at radius 3 is 2.71 bits per heavy atom. The molecular formula is C18H25ClFNO2S. The van der Waals surface area contributed by atoms with Crippen molar-refractivity contribution >= 4 is 40.5 Å². The molecule has 1 aromatic carbocycles. The van der Waals surface area contributed by atoms with Crippen LogP contribution in [0.15, 0.2) is 12.1 Å². The van der Waals surface area contributed by atoms with E-state index in [1.54, 1.807) is 0 Å². The summed E-state index contributed by atoms with van der Waals surface area (Å²) in [4.78, 5) is 11.9. The minimum atomic E-state index is -0.554. The Morgan fingerprint density at radius 1 is 1.38 bits per heavy atom. The van der Waals surface area contributed by atoms with Crippen molar-refractivity contribution < 1.29 is 13.9 Å². The number of hydrogen-bond acceptors (Lipinski definition) is 3. The highest BCUT2D eigenvalue weighted by atomic mass is 35.5. The molecule has 0 spiro atoms. The Bertz CT molecular complexity index is 580. The van der Waals surface area contributed by atoms with Crippen molar-refractivity contribution in [2.75, 3.05) is 5.32 Å². The lowest BCUT2D eigenvalue weighted by molar-refractivity contribution is -0.116. The van der Waals surface area contributed by atoms with Crippen LogP contribution in [0.3, 0.4) is 0 Å². The fraction of sp³-hybridized carbons (Fsp3) is 0.556. The van der Waals surface area contributed by atoms with E-state index in [4.69, 9.17) is 28.6 Å². The van der Waals surface area contributed by atoms with Crippen molar-refractivity contribution in [2.45, 2.75) is 65.4 Å². The first kappa shape index (κ1) is 20.8. The van der Waals surface area contributed by atoms with Gasteiger partial charge in [-0.2, -0.15) is 0 Å². The van der Waals surface area contributed by atoms with Gasteiger partial charge >= 0.3 is 0 Å². The van der Waals surface area contributed by atoms with E-state index in [1.807, 2.05) is 13.8 Å². The number of nitrogens with one attached hydrogen (secondary N) is 1. The summed E-state index contributed by atoms with van der Waals surface area (Å²) in [5, 5.41) is 3.28. The Kier molecular flexibility index (Phi) is 9.22. The topological polar surface area (TPSA) is 38.3 Å². The molecular weight excluding hydrogens is 349 g/mol. The molecule has 1 N–H and O–H groups in total. The highest BCUT2D eigenvalue weighted by Gasteiger charge is 2.14. The fourth-order valence-electron chi connectivity index (χ4n) is 2.08. The van der Waals surface area contributed by atoms with Crippen LogP contribution >= 0.6 is 23.8 Å². The van der Waals surface area contributed by atoms with Gasteiger partial charge in [-0.25, -0.2) is 4.39 Å². The number of unbranched alkanes of at least 4 members (excludes halogenated alkanes) is 2. The van der Waals surface area contributed by atoms with Crippen LogP contribution in [-0.2, 0) is 16.0 Å². The van der Waals surface area contributed by atoms with Gasteiger partial charge in [-0.15, -0.1) is 0 Å². The van der Waals surface area contributed by atoms with Gasteiger partial charge < -0.3 is 10.1 Å². The lowest BCUT2D eigenvalue weighted by Gasteiger charge is -2.15. The zero-order valence-electron chi connectivity index (χ0n) is 14.5. The second kappa shape index (κ2) is 10.6. The van der Waals surface area contributed by atoms with Crippen LogP contribution in [0, 0.1) is 5.82 Å². The van der Waals surface area contributed by atoms with Crippen molar-refractivity contribution in [1.82, 2.24) is 0 Å². The zero-order chi connectivity index (χ0) is 18.1. The van der Waals surface area contributed by atoms with Gasteiger partial charge in [0.05, 0.1) is 11.8 Å². The molecule has 134 valence electrons. The number of benzene rings is 1. The average Bonchev–Trinajstić information content (AvgIpc) is 2.52. The van der Waals surface area contributed by atoms with Crippen molar-refractivity contribution in [3.8, 4) is 0 Å². The molecule has 0 aromatic heterocycles. The van der Waals surface area contributed by atoms with Gasteiger partial charge in [0.2, 0.25) is 5.91 Å². The third kappa shape index (κ3) is 7.14. The molecule has 1 unspecified atom stereocenters. The quantitative estimate of drug-likeness (QED) is 0.446. The number of rotatable bonds is 9. The number of thiocarbonyl (C=S) groups is 1. The van der Waals surface area contributed by atoms with Gasteiger partial charge in [-0.05, 0) is 49.7 Å². The number of amides is 1. The average molecular weight is 374 g/mol. The number of carbonyl (C=O) groups excluding carboxylic acids is 1. The van der Waals surface area contributed by atoms with Gasteiger partial charge in [0.15, 0.2) is 5.05 Å². The molecule has 0 radical (unpaired) electrons. The van der Waals surface area contributed by atoms with E-state index in [2.05, 4.69) is 12.2 Å². The predicted octanol–water partition coefficient (Wildman–Crippen LogP) is 5.68. The zero-order valence-corrected chi connectivity index (χ0v) is 16.0. The molecule has 0 bridgehead atoms. The van der Waals surface area contributed by atoms with E-state index < -0.39 is 5.82 Å². The second-order valence-corrected chi connectivity index (χ2v) is 6.68. The molecule has 6 heteroatoms. The van der Waals surface area contributed by atoms with Crippen LogP contribution in [0.2, 0.25) is 5.02 Å². The van der Waals surface area contributed by atoms with E-state index in [-0.39, 0.29) is 22.7 Å². The first-order chi connectivity index (χ1) is 11.4. The number of carbonyl (C=O) groups is 1. The Labute approximate surface area is 153 Å². The summed E-state index contributed by atoms with van der Waals surface area (Å²) in [6.07, 6.45) is 4.34. The summed E-state index contributed by atoms with van der Waals surface area (Å²) in [5.74, 6) is -0.754. The maximum atomic E-state index is 14.0. The van der Waals surface area contributed by atoms with Crippen LogP contribution in [0.1, 0.15) is 58.4 Å². The maximum Gasteiger partial charge on any atom is 0.224 e. The molecule has 1 rings (SSSR count). The molecule has 0 aliphatic rings. The van der Waals surface area contributed by atoms with Crippen molar-refractivity contribution in [1.29, 1.82) is 0 Å². The summed E-state index contributed by atoms with van der Waals surface area (Å²) in [7, 11) is 0. The van der Waals surface area contributed by atoms with Gasteiger partial charge in [-0.3, -0.25) is 4.79 Å². The standard InChI is InChI=1S/C18H25ClFNO2S/c1-4-6-7-8-17(22)21-16-9-13(14(19)11-15(16)20)10-18(24)23-12(3)5-2/h9,11-12H,4-8,10H2,1-3H3,(H,21,22). The molecule has 0 aliphatic carbocycles. The lowest BCUT2D eigenvalue weighted by atomic mass is 10.1. The van der Waals surface area contributed by atoms with Crippen LogP contribution in [0.25, 0.3) is 0 Å². The highest BCUT2D eigenvalue weighted by Crippen LogP contribution is 2.25.